The lowest BCUT2D eigenvalue weighted by atomic mass is 10.0. The van der Waals surface area contributed by atoms with Crippen LogP contribution in [0.2, 0.25) is 0 Å². The van der Waals surface area contributed by atoms with Gasteiger partial charge in [0.25, 0.3) is 0 Å². The van der Waals surface area contributed by atoms with Crippen molar-refractivity contribution in [1.82, 2.24) is 40.4 Å². The lowest BCUT2D eigenvalue weighted by Gasteiger charge is -2.30. The van der Waals surface area contributed by atoms with Crippen LogP contribution in [0.5, 0.6) is 0 Å². The molecule has 0 radical (unpaired) electrons. The molecule has 6 rings (SSSR count). The Morgan fingerprint density at radius 1 is 0.812 bits per heavy atom. The van der Waals surface area contributed by atoms with E-state index in [4.69, 9.17) is 4.74 Å². The summed E-state index contributed by atoms with van der Waals surface area (Å²) in [6, 6.07) is 15.8. The monoisotopic (exact) mass is 652 g/mol. The maximum Gasteiger partial charge on any atom is 0.407 e. The summed E-state index contributed by atoms with van der Waals surface area (Å²) in [5.41, 5.74) is 6.02. The molecular formula is C36H44N8O4. The van der Waals surface area contributed by atoms with E-state index in [-0.39, 0.29) is 29.8 Å². The number of H-pyrrole nitrogens is 2. The van der Waals surface area contributed by atoms with Crippen LogP contribution in [0.3, 0.4) is 0 Å². The molecular weight excluding hydrogens is 608 g/mol. The van der Waals surface area contributed by atoms with Gasteiger partial charge in [0.15, 0.2) is 0 Å². The number of carbonyl (C=O) groups is 3. The number of aromatic nitrogens is 4. The second-order valence-electron chi connectivity index (χ2n) is 12.8. The van der Waals surface area contributed by atoms with E-state index in [1.54, 1.807) is 7.05 Å². The fourth-order valence-corrected chi connectivity index (χ4v) is 6.78. The summed E-state index contributed by atoms with van der Waals surface area (Å²) in [5, 5.41) is 5.65. The molecule has 4 aromatic rings. The Morgan fingerprint density at radius 2 is 1.29 bits per heavy atom. The van der Waals surface area contributed by atoms with Crippen molar-refractivity contribution in [1.29, 1.82) is 0 Å². The number of likely N-dealkylation sites (N-methyl/N-ethyl adjacent to an activating group) is 1. The van der Waals surface area contributed by atoms with Gasteiger partial charge >= 0.3 is 6.09 Å². The van der Waals surface area contributed by atoms with Gasteiger partial charge in [-0.3, -0.25) is 9.59 Å². The van der Waals surface area contributed by atoms with E-state index in [0.29, 0.717) is 13.1 Å². The Kier molecular flexibility index (Phi) is 9.90. The summed E-state index contributed by atoms with van der Waals surface area (Å²) in [4.78, 5) is 57.8. The summed E-state index contributed by atoms with van der Waals surface area (Å²) < 4.78 is 4.74. The van der Waals surface area contributed by atoms with E-state index in [1.165, 1.54) is 7.11 Å². The molecule has 4 N–H and O–H groups in total. The molecule has 2 aliphatic heterocycles. The van der Waals surface area contributed by atoms with Crippen molar-refractivity contribution in [3.05, 3.63) is 72.6 Å². The van der Waals surface area contributed by atoms with E-state index in [1.807, 2.05) is 36.0 Å². The van der Waals surface area contributed by atoms with Gasteiger partial charge in [-0.25, -0.2) is 14.8 Å². The zero-order chi connectivity index (χ0) is 33.8. The SMILES string of the molecule is CNCC(=O)N1CCC[C@H]1c1ncc(-c2ccc(-c3ccc(-c4cnc([C@@H]5CCCN5C(=O)[C@@H](NC(=O)OC)C(C)C)[nH]4)cc3)cc2)[nH]1. The van der Waals surface area contributed by atoms with Gasteiger partial charge in [0.05, 0.1) is 49.5 Å². The summed E-state index contributed by atoms with van der Waals surface area (Å²) in [5.74, 6) is 1.45. The highest BCUT2D eigenvalue weighted by atomic mass is 16.5. The summed E-state index contributed by atoms with van der Waals surface area (Å²) in [7, 11) is 3.08. The summed E-state index contributed by atoms with van der Waals surface area (Å²) in [6.07, 6.45) is 6.59. The number of hydrogen-bond acceptors (Lipinski definition) is 7. The second-order valence-corrected chi connectivity index (χ2v) is 12.8. The van der Waals surface area contributed by atoms with Crippen molar-refractivity contribution < 1.29 is 19.1 Å². The molecule has 0 aliphatic carbocycles. The molecule has 0 spiro atoms. The van der Waals surface area contributed by atoms with Gasteiger partial charge in [-0.2, -0.15) is 0 Å². The lowest BCUT2D eigenvalue weighted by Crippen LogP contribution is -2.51. The number of methoxy groups -OCH3 is 1. The van der Waals surface area contributed by atoms with Gasteiger partial charge in [0.1, 0.15) is 17.7 Å². The van der Waals surface area contributed by atoms with Crippen LogP contribution in [0.1, 0.15) is 63.3 Å². The first-order valence-corrected chi connectivity index (χ1v) is 16.7. The van der Waals surface area contributed by atoms with Crippen LogP contribution < -0.4 is 10.6 Å². The highest BCUT2D eigenvalue weighted by molar-refractivity contribution is 5.86. The first kappa shape index (κ1) is 33.0. The number of nitrogens with one attached hydrogen (secondary N) is 4. The molecule has 4 heterocycles. The summed E-state index contributed by atoms with van der Waals surface area (Å²) in [6.45, 7) is 5.51. The molecule has 48 heavy (non-hydrogen) atoms. The Bertz CT molecular complexity index is 1730. The van der Waals surface area contributed by atoms with Gasteiger partial charge < -0.3 is 35.1 Å². The zero-order valence-electron chi connectivity index (χ0n) is 28.0. The second kappa shape index (κ2) is 14.4. The Morgan fingerprint density at radius 3 is 1.77 bits per heavy atom. The number of benzene rings is 2. The third-order valence-electron chi connectivity index (χ3n) is 9.38. The normalized spacial score (nSPS) is 18.4. The Hall–Kier alpha value is -4.97. The average Bonchev–Trinajstić information content (AvgIpc) is 3.93. The van der Waals surface area contributed by atoms with Crippen molar-refractivity contribution in [3.63, 3.8) is 0 Å². The standard InChI is InChI=1S/C36H44N8O4/c1-22(2)32(42-36(47)48-4)35(46)44-18-6-8-30(44)34-39-20-28(41-34)26-15-11-24(12-16-26)23-9-13-25(14-10-23)27-19-38-33(40-27)29-7-5-17-43(29)31(45)21-37-3/h9-16,19-20,22,29-30,32,37H,5-8,17-18,21H2,1-4H3,(H,38,40)(H,39,41)(H,42,47)/t29-,30-,32-/m0/s1. The van der Waals surface area contributed by atoms with E-state index in [2.05, 4.69) is 79.1 Å². The van der Waals surface area contributed by atoms with Crippen LogP contribution in [-0.2, 0) is 14.3 Å². The number of ether oxygens (including phenoxy) is 1. The molecule has 3 atom stereocenters. The van der Waals surface area contributed by atoms with Crippen molar-refractivity contribution in [2.45, 2.75) is 57.7 Å². The van der Waals surface area contributed by atoms with E-state index >= 15 is 0 Å². The van der Waals surface area contributed by atoms with Crippen LogP contribution in [0.4, 0.5) is 4.79 Å². The number of alkyl carbamates (subject to hydrolysis) is 1. The van der Waals surface area contributed by atoms with Crippen LogP contribution >= 0.6 is 0 Å². The quantitative estimate of drug-likeness (QED) is 0.187. The van der Waals surface area contributed by atoms with Crippen molar-refractivity contribution in [2.75, 3.05) is 33.8 Å². The Labute approximate surface area is 280 Å². The molecule has 252 valence electrons. The van der Waals surface area contributed by atoms with Gasteiger partial charge in [-0.1, -0.05) is 62.4 Å². The fourth-order valence-electron chi connectivity index (χ4n) is 6.78. The van der Waals surface area contributed by atoms with Gasteiger partial charge in [-0.05, 0) is 60.9 Å². The molecule has 0 bridgehead atoms. The maximum absolute atomic E-state index is 13.5. The van der Waals surface area contributed by atoms with Gasteiger partial charge in [-0.15, -0.1) is 0 Å². The van der Waals surface area contributed by atoms with Crippen LogP contribution in [0.15, 0.2) is 60.9 Å². The molecule has 3 amide bonds. The number of nitrogens with zero attached hydrogens (tertiary/aromatic N) is 4. The molecule has 2 aromatic heterocycles. The molecule has 2 saturated heterocycles. The van der Waals surface area contributed by atoms with Gasteiger partial charge in [0, 0.05) is 13.1 Å². The highest BCUT2D eigenvalue weighted by Gasteiger charge is 2.37. The van der Waals surface area contributed by atoms with E-state index in [9.17, 15) is 14.4 Å². The number of carbonyl (C=O) groups excluding carboxylic acids is 3. The minimum atomic E-state index is -0.672. The molecule has 2 aromatic carbocycles. The van der Waals surface area contributed by atoms with Crippen molar-refractivity contribution in [3.8, 4) is 33.6 Å². The zero-order valence-corrected chi connectivity index (χ0v) is 28.0. The molecule has 12 heteroatoms. The largest absolute Gasteiger partial charge is 0.453 e. The first-order valence-electron chi connectivity index (χ1n) is 16.7. The number of rotatable bonds is 10. The van der Waals surface area contributed by atoms with Crippen molar-refractivity contribution in [2.24, 2.45) is 5.92 Å². The summed E-state index contributed by atoms with van der Waals surface area (Å²) >= 11 is 0. The minimum absolute atomic E-state index is 0.0181. The van der Waals surface area contributed by atoms with Gasteiger partial charge in [0.2, 0.25) is 11.8 Å². The third-order valence-corrected chi connectivity index (χ3v) is 9.38. The van der Waals surface area contributed by atoms with Crippen LogP contribution in [-0.4, -0.2) is 87.5 Å². The lowest BCUT2D eigenvalue weighted by molar-refractivity contribution is -0.135. The number of amides is 3. The van der Waals surface area contributed by atoms with Crippen LogP contribution in [0, 0.1) is 5.92 Å². The number of hydrogen-bond donors (Lipinski definition) is 4. The predicted molar refractivity (Wildman–Crippen MR) is 183 cm³/mol. The molecule has 2 fully saturated rings. The molecule has 0 saturated carbocycles. The van der Waals surface area contributed by atoms with Crippen molar-refractivity contribution >= 4 is 17.9 Å². The smallest absolute Gasteiger partial charge is 0.407 e. The first-order chi connectivity index (χ1) is 23.3. The average molecular weight is 653 g/mol. The third kappa shape index (κ3) is 6.84. The molecule has 2 aliphatic rings. The minimum Gasteiger partial charge on any atom is -0.453 e. The molecule has 12 nitrogen and oxygen atoms in total. The van der Waals surface area contributed by atoms with E-state index in [0.717, 1.165) is 77.5 Å². The fraction of sp³-hybridized carbons (Fsp3) is 0.417. The highest BCUT2D eigenvalue weighted by Crippen LogP contribution is 2.34. The predicted octanol–water partition coefficient (Wildman–Crippen LogP) is 5.06. The van der Waals surface area contributed by atoms with Crippen LogP contribution in [0.25, 0.3) is 33.6 Å². The number of aromatic amines is 2. The topological polar surface area (TPSA) is 148 Å². The maximum atomic E-state index is 13.5. The molecule has 0 unspecified atom stereocenters. The Balaban J connectivity index is 1.11. The number of likely N-dealkylation sites (tertiary alicyclic amines) is 2. The number of imidazole rings is 2. The van der Waals surface area contributed by atoms with E-state index < -0.39 is 12.1 Å².